The molecule has 1 heterocycles. The zero-order chi connectivity index (χ0) is 9.69. The molecule has 1 unspecified atom stereocenters. The Morgan fingerprint density at radius 3 is 2.85 bits per heavy atom. The molecule has 0 amide bonds. The fraction of sp³-hybridized carbons (Fsp3) is 0.800. The van der Waals surface area contributed by atoms with E-state index in [2.05, 4.69) is 0 Å². The van der Waals surface area contributed by atoms with Crippen molar-refractivity contribution in [1.82, 2.24) is 0 Å². The van der Waals surface area contributed by atoms with Crippen molar-refractivity contribution in [3.8, 4) is 0 Å². The lowest BCUT2D eigenvalue weighted by Gasteiger charge is -2.31. The molecule has 2 rings (SSSR count). The van der Waals surface area contributed by atoms with E-state index < -0.39 is 5.41 Å². The summed E-state index contributed by atoms with van der Waals surface area (Å²) in [6, 6.07) is 0. The van der Waals surface area contributed by atoms with Gasteiger partial charge in [0.1, 0.15) is 6.29 Å². The number of cyclic esters (lactones) is 1. The molecule has 0 aromatic heterocycles. The molecule has 1 saturated carbocycles. The fourth-order valence-electron chi connectivity index (χ4n) is 2.65. The maximum atomic E-state index is 11.5. The Hall–Kier alpha value is -0.860. The molecule has 2 fully saturated rings. The number of rotatable bonds is 1. The van der Waals surface area contributed by atoms with Crippen molar-refractivity contribution in [2.75, 3.05) is 6.61 Å². The summed E-state index contributed by atoms with van der Waals surface area (Å²) in [7, 11) is 0. The van der Waals surface area contributed by atoms with Crippen LogP contribution in [0.4, 0.5) is 0 Å². The molecule has 2 aliphatic rings. The Morgan fingerprint density at radius 1 is 1.54 bits per heavy atom. The number of carbonyl (C=O) groups excluding carboxylic acids is 2. The minimum Gasteiger partial charge on any atom is -0.465 e. The summed E-state index contributed by atoms with van der Waals surface area (Å²) in [4.78, 5) is 22.3. The van der Waals surface area contributed by atoms with Crippen molar-refractivity contribution >= 4 is 12.3 Å². The third-order valence-corrected chi connectivity index (χ3v) is 4.15. The summed E-state index contributed by atoms with van der Waals surface area (Å²) in [5.41, 5.74) is -0.676. The van der Waals surface area contributed by atoms with E-state index in [4.69, 9.17) is 4.74 Å². The Labute approximate surface area is 77.4 Å². The predicted octanol–water partition coefficient (Wildman–Crippen LogP) is 1.16. The van der Waals surface area contributed by atoms with Crippen molar-refractivity contribution in [2.24, 2.45) is 16.7 Å². The average Bonchev–Trinajstić information content (AvgIpc) is 2.48. The molecular formula is C10H14O3. The number of aldehydes is 1. The number of hydrogen-bond acceptors (Lipinski definition) is 3. The molecule has 1 aliphatic heterocycles. The van der Waals surface area contributed by atoms with E-state index in [0.29, 0.717) is 6.61 Å². The Morgan fingerprint density at radius 2 is 2.23 bits per heavy atom. The van der Waals surface area contributed by atoms with Gasteiger partial charge in [0.05, 0.1) is 12.0 Å². The van der Waals surface area contributed by atoms with Gasteiger partial charge in [0.25, 0.3) is 0 Å². The van der Waals surface area contributed by atoms with Gasteiger partial charge in [0.2, 0.25) is 0 Å². The predicted molar refractivity (Wildman–Crippen MR) is 46.0 cm³/mol. The summed E-state index contributed by atoms with van der Waals surface area (Å²) in [5, 5.41) is 0. The quantitative estimate of drug-likeness (QED) is 0.451. The minimum atomic E-state index is -0.418. The van der Waals surface area contributed by atoms with E-state index >= 15 is 0 Å². The van der Waals surface area contributed by atoms with Gasteiger partial charge in [-0.15, -0.1) is 0 Å². The first kappa shape index (κ1) is 8.73. The van der Waals surface area contributed by atoms with Crippen LogP contribution in [-0.2, 0) is 14.3 Å². The lowest BCUT2D eigenvalue weighted by Crippen LogP contribution is -2.37. The van der Waals surface area contributed by atoms with Crippen molar-refractivity contribution in [2.45, 2.75) is 26.7 Å². The molecule has 0 aromatic rings. The van der Waals surface area contributed by atoms with Crippen molar-refractivity contribution in [3.05, 3.63) is 0 Å². The maximum Gasteiger partial charge on any atom is 0.312 e. The Balaban J connectivity index is 2.43. The molecule has 3 nitrogen and oxygen atoms in total. The molecule has 1 saturated heterocycles. The topological polar surface area (TPSA) is 43.4 Å². The van der Waals surface area contributed by atoms with Crippen LogP contribution >= 0.6 is 0 Å². The largest absolute Gasteiger partial charge is 0.465 e. The molecule has 3 heteroatoms. The van der Waals surface area contributed by atoms with Gasteiger partial charge in [-0.2, -0.15) is 0 Å². The third kappa shape index (κ3) is 0.798. The van der Waals surface area contributed by atoms with Crippen LogP contribution in [0.1, 0.15) is 26.7 Å². The van der Waals surface area contributed by atoms with E-state index in [1.165, 1.54) is 0 Å². The highest BCUT2D eigenvalue weighted by atomic mass is 16.5. The highest BCUT2D eigenvalue weighted by molar-refractivity contribution is 5.81. The minimum absolute atomic E-state index is 0.0102. The summed E-state index contributed by atoms with van der Waals surface area (Å²) < 4.78 is 5.06. The average molecular weight is 182 g/mol. The second kappa shape index (κ2) is 2.34. The number of hydrogen-bond donors (Lipinski definition) is 0. The smallest absolute Gasteiger partial charge is 0.312 e. The zero-order valence-corrected chi connectivity index (χ0v) is 8.00. The lowest BCUT2D eigenvalue weighted by atomic mass is 9.67. The van der Waals surface area contributed by atoms with Gasteiger partial charge in [-0.1, -0.05) is 6.92 Å². The number of carbonyl (C=O) groups is 2. The molecule has 0 bridgehead atoms. The van der Waals surface area contributed by atoms with Crippen LogP contribution in [0.2, 0.25) is 0 Å². The Bertz CT molecular complexity index is 273. The molecule has 0 N–H and O–H groups in total. The van der Waals surface area contributed by atoms with E-state index in [0.717, 1.165) is 19.1 Å². The molecule has 0 radical (unpaired) electrons. The first-order valence-corrected chi connectivity index (χ1v) is 4.67. The van der Waals surface area contributed by atoms with Crippen LogP contribution < -0.4 is 0 Å². The fourth-order valence-corrected chi connectivity index (χ4v) is 2.65. The van der Waals surface area contributed by atoms with Gasteiger partial charge in [-0.05, 0) is 19.8 Å². The normalized spacial score (nSPS) is 48.8. The second-order valence-corrected chi connectivity index (χ2v) is 4.61. The summed E-state index contributed by atoms with van der Waals surface area (Å²) in [5.74, 6) is -0.136. The van der Waals surface area contributed by atoms with E-state index in [1.54, 1.807) is 0 Å². The van der Waals surface area contributed by atoms with Crippen LogP contribution in [0, 0.1) is 16.7 Å². The van der Waals surface area contributed by atoms with E-state index in [1.807, 2.05) is 13.8 Å². The van der Waals surface area contributed by atoms with Crippen LogP contribution in [0.25, 0.3) is 0 Å². The van der Waals surface area contributed by atoms with Crippen LogP contribution in [-0.4, -0.2) is 18.9 Å². The van der Waals surface area contributed by atoms with E-state index in [-0.39, 0.29) is 17.3 Å². The molecule has 72 valence electrons. The van der Waals surface area contributed by atoms with Crippen LogP contribution in [0.15, 0.2) is 0 Å². The summed E-state index contributed by atoms with van der Waals surface area (Å²) in [6.45, 7) is 4.32. The van der Waals surface area contributed by atoms with Gasteiger partial charge in [0.15, 0.2) is 0 Å². The number of fused-ring (bicyclic) bond motifs is 1. The monoisotopic (exact) mass is 182 g/mol. The van der Waals surface area contributed by atoms with Crippen LogP contribution in [0.5, 0.6) is 0 Å². The van der Waals surface area contributed by atoms with Crippen molar-refractivity contribution in [1.29, 1.82) is 0 Å². The van der Waals surface area contributed by atoms with Gasteiger partial charge in [0, 0.05) is 11.3 Å². The molecule has 1 aliphatic carbocycles. The number of ether oxygens (including phenoxy) is 1. The van der Waals surface area contributed by atoms with Gasteiger partial charge >= 0.3 is 5.97 Å². The molecule has 0 spiro atoms. The van der Waals surface area contributed by atoms with Crippen LogP contribution in [0.3, 0.4) is 0 Å². The highest BCUT2D eigenvalue weighted by Crippen LogP contribution is 2.59. The zero-order valence-electron chi connectivity index (χ0n) is 8.00. The summed E-state index contributed by atoms with van der Waals surface area (Å²) >= 11 is 0. The molecule has 0 aromatic carbocycles. The maximum absolute atomic E-state index is 11.5. The Kier molecular flexibility index (Phi) is 1.57. The third-order valence-electron chi connectivity index (χ3n) is 4.15. The number of esters is 1. The molecular weight excluding hydrogens is 168 g/mol. The first-order valence-electron chi connectivity index (χ1n) is 4.67. The summed E-state index contributed by atoms with van der Waals surface area (Å²) in [6.07, 6.45) is 2.59. The van der Waals surface area contributed by atoms with Gasteiger partial charge < -0.3 is 9.53 Å². The van der Waals surface area contributed by atoms with Crippen molar-refractivity contribution in [3.63, 3.8) is 0 Å². The highest BCUT2D eigenvalue weighted by Gasteiger charge is 2.64. The lowest BCUT2D eigenvalue weighted by molar-refractivity contribution is -0.145. The molecule has 13 heavy (non-hydrogen) atoms. The second-order valence-electron chi connectivity index (χ2n) is 4.61. The van der Waals surface area contributed by atoms with E-state index in [9.17, 15) is 9.59 Å². The van der Waals surface area contributed by atoms with Gasteiger partial charge in [-0.3, -0.25) is 4.79 Å². The van der Waals surface area contributed by atoms with Gasteiger partial charge in [-0.25, -0.2) is 0 Å². The van der Waals surface area contributed by atoms with Crippen molar-refractivity contribution < 1.29 is 14.3 Å². The standard InChI is InChI=1S/C10H14O3/c1-9-4-3-7(5-11)10(9,2)6-13-8(9)12/h5,7H,3-4,6H2,1-2H3/t7?,9-,10-/m0/s1. The first-order chi connectivity index (χ1) is 6.04. The molecule has 3 atom stereocenters. The SMILES string of the molecule is C[C@@]12CCC(C=O)[C@]1(C)COC2=O.